The van der Waals surface area contributed by atoms with Crippen LogP contribution in [0.25, 0.3) is 0 Å². The Morgan fingerprint density at radius 3 is 3.17 bits per heavy atom. The smallest absolute Gasteiger partial charge is 0.273 e. The van der Waals surface area contributed by atoms with E-state index in [1.807, 2.05) is 6.92 Å². The van der Waals surface area contributed by atoms with Crippen LogP contribution < -0.4 is 15.0 Å². The van der Waals surface area contributed by atoms with E-state index in [1.54, 1.807) is 6.07 Å². The number of hydrogen-bond acceptors (Lipinski definition) is 5. The first-order valence-corrected chi connectivity index (χ1v) is 6.06. The van der Waals surface area contributed by atoms with Crippen molar-refractivity contribution in [3.63, 3.8) is 0 Å². The van der Waals surface area contributed by atoms with Gasteiger partial charge in [-0.3, -0.25) is 10.1 Å². The quantitative estimate of drug-likeness (QED) is 0.595. The fourth-order valence-corrected chi connectivity index (χ4v) is 2.70. The summed E-state index contributed by atoms with van der Waals surface area (Å²) in [6, 6.07) is 3.47. The third-order valence-corrected chi connectivity index (χ3v) is 3.53. The van der Waals surface area contributed by atoms with Crippen molar-refractivity contribution in [3.8, 4) is 5.75 Å². The number of benzene rings is 1. The van der Waals surface area contributed by atoms with Crippen LogP contribution in [0.2, 0.25) is 0 Å². The topological polar surface area (TPSA) is 67.6 Å². The second-order valence-electron chi connectivity index (χ2n) is 4.73. The number of non-ortho nitro benzene ring substituents is 1. The Hall–Kier alpha value is -1.82. The maximum Gasteiger partial charge on any atom is 0.273 e. The number of nitrogens with zero attached hydrogens (tertiary/aromatic N) is 2. The van der Waals surface area contributed by atoms with E-state index >= 15 is 0 Å². The van der Waals surface area contributed by atoms with Crippen LogP contribution in [-0.2, 0) is 0 Å². The molecule has 18 heavy (non-hydrogen) atoms. The molecule has 1 aromatic rings. The lowest BCUT2D eigenvalue weighted by Crippen LogP contribution is -2.56. The number of piperazine rings is 1. The zero-order chi connectivity index (χ0) is 12.7. The average molecular weight is 249 g/mol. The summed E-state index contributed by atoms with van der Waals surface area (Å²) in [4.78, 5) is 12.8. The largest absolute Gasteiger partial charge is 0.489 e. The van der Waals surface area contributed by atoms with E-state index in [0.717, 1.165) is 30.9 Å². The summed E-state index contributed by atoms with van der Waals surface area (Å²) in [5.41, 5.74) is 2.02. The summed E-state index contributed by atoms with van der Waals surface area (Å²) in [5.74, 6) is 0.639. The molecule has 0 bridgehead atoms. The van der Waals surface area contributed by atoms with Gasteiger partial charge in [0.05, 0.1) is 22.7 Å². The van der Waals surface area contributed by atoms with Gasteiger partial charge >= 0.3 is 0 Å². The average Bonchev–Trinajstić information content (AvgIpc) is 2.37. The second kappa shape index (κ2) is 4.13. The fraction of sp³-hybridized carbons (Fsp3) is 0.500. The highest BCUT2D eigenvalue weighted by molar-refractivity contribution is 5.69. The Labute approximate surface area is 105 Å². The lowest BCUT2D eigenvalue weighted by molar-refractivity contribution is -0.385. The number of nitrogens with one attached hydrogen (secondary N) is 1. The van der Waals surface area contributed by atoms with Gasteiger partial charge in [0.25, 0.3) is 5.69 Å². The molecule has 1 saturated heterocycles. The van der Waals surface area contributed by atoms with E-state index in [9.17, 15) is 10.1 Å². The number of ether oxygens (including phenoxy) is 1. The number of aryl methyl sites for hydroxylation is 1. The molecule has 0 radical (unpaired) electrons. The Kier molecular flexibility index (Phi) is 2.59. The van der Waals surface area contributed by atoms with E-state index in [4.69, 9.17) is 4.74 Å². The zero-order valence-electron chi connectivity index (χ0n) is 10.2. The first-order valence-electron chi connectivity index (χ1n) is 6.06. The molecule has 2 heterocycles. The van der Waals surface area contributed by atoms with Crippen LogP contribution in [0.4, 0.5) is 11.4 Å². The number of fused-ring (bicyclic) bond motifs is 3. The van der Waals surface area contributed by atoms with Crippen molar-refractivity contribution in [3.05, 3.63) is 27.8 Å². The summed E-state index contributed by atoms with van der Waals surface area (Å²) in [7, 11) is 0. The molecule has 2 aliphatic heterocycles. The lowest BCUT2D eigenvalue weighted by Gasteiger charge is -2.42. The predicted molar refractivity (Wildman–Crippen MR) is 67.3 cm³/mol. The highest BCUT2D eigenvalue weighted by Gasteiger charge is 2.32. The van der Waals surface area contributed by atoms with Gasteiger partial charge in [-0.05, 0) is 12.5 Å². The number of nitro groups is 1. The van der Waals surface area contributed by atoms with Gasteiger partial charge < -0.3 is 15.0 Å². The Balaban J connectivity index is 2.06. The molecule has 6 nitrogen and oxygen atoms in total. The molecule has 0 aromatic heterocycles. The molecule has 96 valence electrons. The monoisotopic (exact) mass is 249 g/mol. The number of rotatable bonds is 1. The standard InChI is InChI=1S/C12H15N3O3/c1-8-4-9(15(16)17)5-11-12(8)14-3-2-13-6-10(14)7-18-11/h4-5,10,13H,2-3,6-7H2,1H3/t10-/m1/s1. The minimum Gasteiger partial charge on any atom is -0.489 e. The Bertz CT molecular complexity index is 504. The van der Waals surface area contributed by atoms with E-state index in [1.165, 1.54) is 6.07 Å². The molecule has 1 N–H and O–H groups in total. The van der Waals surface area contributed by atoms with Crippen molar-refractivity contribution in [2.75, 3.05) is 31.1 Å². The summed E-state index contributed by atoms with van der Waals surface area (Å²) in [6.07, 6.45) is 0. The Morgan fingerprint density at radius 1 is 1.56 bits per heavy atom. The number of nitro benzene ring substituents is 1. The molecule has 1 atom stereocenters. The molecule has 0 unspecified atom stereocenters. The van der Waals surface area contributed by atoms with Crippen LogP contribution >= 0.6 is 0 Å². The zero-order valence-corrected chi connectivity index (χ0v) is 10.2. The van der Waals surface area contributed by atoms with Gasteiger partial charge in [0, 0.05) is 25.7 Å². The van der Waals surface area contributed by atoms with Gasteiger partial charge in [-0.1, -0.05) is 0 Å². The second-order valence-corrected chi connectivity index (χ2v) is 4.73. The van der Waals surface area contributed by atoms with Crippen molar-refractivity contribution in [1.29, 1.82) is 0 Å². The van der Waals surface area contributed by atoms with Gasteiger partial charge in [-0.2, -0.15) is 0 Å². The van der Waals surface area contributed by atoms with Gasteiger partial charge in [0.15, 0.2) is 0 Å². The molecule has 0 aliphatic carbocycles. The van der Waals surface area contributed by atoms with Crippen LogP contribution in [0.5, 0.6) is 5.75 Å². The number of hydrogen-bond donors (Lipinski definition) is 1. The van der Waals surface area contributed by atoms with Gasteiger partial charge in [0.1, 0.15) is 12.4 Å². The van der Waals surface area contributed by atoms with E-state index in [0.29, 0.717) is 18.4 Å². The third-order valence-electron chi connectivity index (χ3n) is 3.53. The summed E-state index contributed by atoms with van der Waals surface area (Å²) >= 11 is 0. The maximum atomic E-state index is 10.8. The van der Waals surface area contributed by atoms with Crippen LogP contribution in [-0.4, -0.2) is 37.2 Å². The molecule has 0 saturated carbocycles. The molecule has 6 heteroatoms. The van der Waals surface area contributed by atoms with E-state index in [-0.39, 0.29) is 10.6 Å². The van der Waals surface area contributed by atoms with Gasteiger partial charge in [0.2, 0.25) is 0 Å². The molecule has 2 aliphatic rings. The first-order chi connectivity index (χ1) is 8.66. The molecule has 0 spiro atoms. The lowest BCUT2D eigenvalue weighted by atomic mass is 10.1. The molecule has 0 amide bonds. The van der Waals surface area contributed by atoms with E-state index < -0.39 is 0 Å². The minimum atomic E-state index is -0.375. The highest BCUT2D eigenvalue weighted by atomic mass is 16.6. The molecule has 1 fully saturated rings. The predicted octanol–water partition coefficient (Wildman–Crippen LogP) is 1.07. The Morgan fingerprint density at radius 2 is 2.39 bits per heavy atom. The third kappa shape index (κ3) is 1.69. The summed E-state index contributed by atoms with van der Waals surface area (Å²) in [5, 5.41) is 14.2. The first kappa shape index (κ1) is 11.3. The van der Waals surface area contributed by atoms with Crippen LogP contribution in [0.1, 0.15) is 5.56 Å². The van der Waals surface area contributed by atoms with Crippen molar-refractivity contribution < 1.29 is 9.66 Å². The van der Waals surface area contributed by atoms with Crippen LogP contribution in [0.3, 0.4) is 0 Å². The number of anilines is 1. The molecule has 1 aromatic carbocycles. The fourth-order valence-electron chi connectivity index (χ4n) is 2.70. The summed E-state index contributed by atoms with van der Waals surface area (Å²) in [6.45, 7) is 5.24. The summed E-state index contributed by atoms with van der Waals surface area (Å²) < 4.78 is 5.68. The van der Waals surface area contributed by atoms with E-state index in [2.05, 4.69) is 10.2 Å². The SMILES string of the molecule is Cc1cc([N+](=O)[O-])cc2c1N1CCNC[C@@H]1CO2. The normalized spacial score (nSPS) is 21.8. The van der Waals surface area contributed by atoms with Crippen LogP contribution in [0.15, 0.2) is 12.1 Å². The van der Waals surface area contributed by atoms with Gasteiger partial charge in [-0.25, -0.2) is 0 Å². The van der Waals surface area contributed by atoms with Crippen LogP contribution in [0, 0.1) is 17.0 Å². The maximum absolute atomic E-state index is 10.8. The van der Waals surface area contributed by atoms with Crippen molar-refractivity contribution in [2.45, 2.75) is 13.0 Å². The molecule has 3 rings (SSSR count). The minimum absolute atomic E-state index is 0.0971. The van der Waals surface area contributed by atoms with Crippen molar-refractivity contribution in [1.82, 2.24) is 5.32 Å². The van der Waals surface area contributed by atoms with Crippen molar-refractivity contribution >= 4 is 11.4 Å². The molecular weight excluding hydrogens is 234 g/mol. The highest BCUT2D eigenvalue weighted by Crippen LogP contribution is 2.40. The van der Waals surface area contributed by atoms with Crippen molar-refractivity contribution in [2.24, 2.45) is 0 Å². The van der Waals surface area contributed by atoms with Gasteiger partial charge in [-0.15, -0.1) is 0 Å². The molecular formula is C12H15N3O3.